The monoisotopic (exact) mass is 376 g/mol. The van der Waals surface area contributed by atoms with Gasteiger partial charge in [0, 0.05) is 29.7 Å². The number of hydrogen-bond acceptors (Lipinski definition) is 3. The van der Waals surface area contributed by atoms with Gasteiger partial charge in [0.05, 0.1) is 16.7 Å². The van der Waals surface area contributed by atoms with Gasteiger partial charge in [-0.15, -0.1) is 0 Å². The Bertz CT molecular complexity index is 1230. The molecule has 0 radical (unpaired) electrons. The van der Waals surface area contributed by atoms with Gasteiger partial charge in [0.25, 0.3) is 0 Å². The minimum Gasteiger partial charge on any atom is -0.381 e. The predicted octanol–water partition coefficient (Wildman–Crippen LogP) is 5.70. The van der Waals surface area contributed by atoms with Gasteiger partial charge in [0.15, 0.2) is 0 Å². The van der Waals surface area contributed by atoms with E-state index in [-0.39, 0.29) is 0 Å². The lowest BCUT2D eigenvalue weighted by Crippen LogP contribution is -2.00. The smallest absolute Gasteiger partial charge is 0.100 e. The third-order valence-corrected chi connectivity index (χ3v) is 4.97. The molecule has 5 aromatic rings. The normalized spacial score (nSPS) is 10.9. The lowest BCUT2D eigenvalue weighted by atomic mass is 10.1. The number of para-hydroxylation sites is 1. The van der Waals surface area contributed by atoms with Gasteiger partial charge in [0.1, 0.15) is 6.33 Å². The molecule has 3 aromatic carbocycles. The lowest BCUT2D eigenvalue weighted by molar-refractivity contribution is 1.09. The quantitative estimate of drug-likeness (QED) is 0.428. The van der Waals surface area contributed by atoms with E-state index in [4.69, 9.17) is 0 Å². The summed E-state index contributed by atoms with van der Waals surface area (Å²) in [5, 5.41) is 3.47. The van der Waals surface area contributed by atoms with Crippen LogP contribution in [0.1, 0.15) is 5.56 Å². The van der Waals surface area contributed by atoms with Gasteiger partial charge in [0.2, 0.25) is 0 Å². The van der Waals surface area contributed by atoms with Crippen LogP contribution in [0, 0.1) is 0 Å². The highest BCUT2D eigenvalue weighted by Gasteiger charge is 2.06. The molecule has 2 heterocycles. The largest absolute Gasteiger partial charge is 0.381 e. The topological polar surface area (TPSA) is 42.7 Å². The number of rotatable bonds is 5. The van der Waals surface area contributed by atoms with Crippen molar-refractivity contribution >= 4 is 16.7 Å². The SMILES string of the molecule is c1ccc(-c2ccc(CNc3ccc4c(c3)ncn4-c3ccccc3)cn2)cc1. The summed E-state index contributed by atoms with van der Waals surface area (Å²) in [5.74, 6) is 0. The molecule has 4 heteroatoms. The Balaban J connectivity index is 1.31. The van der Waals surface area contributed by atoms with Crippen molar-refractivity contribution in [1.82, 2.24) is 14.5 Å². The van der Waals surface area contributed by atoms with Gasteiger partial charge in [-0.2, -0.15) is 0 Å². The maximum Gasteiger partial charge on any atom is 0.100 e. The van der Waals surface area contributed by atoms with Crippen LogP contribution in [0.15, 0.2) is 104 Å². The highest BCUT2D eigenvalue weighted by Crippen LogP contribution is 2.22. The average Bonchev–Trinajstić information content (AvgIpc) is 3.22. The first-order chi connectivity index (χ1) is 14.4. The van der Waals surface area contributed by atoms with Crippen molar-refractivity contribution in [3.05, 3.63) is 109 Å². The van der Waals surface area contributed by atoms with Crippen molar-refractivity contribution < 1.29 is 0 Å². The molecule has 29 heavy (non-hydrogen) atoms. The molecule has 4 nitrogen and oxygen atoms in total. The van der Waals surface area contributed by atoms with Crippen molar-refractivity contribution in [2.75, 3.05) is 5.32 Å². The predicted molar refractivity (Wildman–Crippen MR) is 118 cm³/mol. The van der Waals surface area contributed by atoms with E-state index in [1.54, 1.807) is 0 Å². The summed E-state index contributed by atoms with van der Waals surface area (Å²) in [6.07, 6.45) is 3.80. The summed E-state index contributed by atoms with van der Waals surface area (Å²) in [6.45, 7) is 0.715. The second-order valence-electron chi connectivity index (χ2n) is 6.92. The Morgan fingerprint density at radius 2 is 1.55 bits per heavy atom. The molecular weight excluding hydrogens is 356 g/mol. The van der Waals surface area contributed by atoms with Crippen molar-refractivity contribution in [2.24, 2.45) is 0 Å². The second kappa shape index (κ2) is 7.60. The van der Waals surface area contributed by atoms with E-state index in [0.29, 0.717) is 6.54 Å². The van der Waals surface area contributed by atoms with Crippen LogP contribution in [0.2, 0.25) is 0 Å². The van der Waals surface area contributed by atoms with Crippen LogP contribution in [-0.4, -0.2) is 14.5 Å². The molecule has 0 aliphatic heterocycles. The number of aromatic nitrogens is 3. The summed E-state index contributed by atoms with van der Waals surface area (Å²) in [6, 6.07) is 30.9. The van der Waals surface area contributed by atoms with Gasteiger partial charge < -0.3 is 5.32 Å². The van der Waals surface area contributed by atoms with Crippen molar-refractivity contribution in [1.29, 1.82) is 0 Å². The van der Waals surface area contributed by atoms with E-state index >= 15 is 0 Å². The highest BCUT2D eigenvalue weighted by atomic mass is 15.0. The van der Waals surface area contributed by atoms with Gasteiger partial charge in [-0.1, -0.05) is 54.6 Å². The maximum absolute atomic E-state index is 4.59. The van der Waals surface area contributed by atoms with E-state index in [2.05, 4.69) is 74.4 Å². The van der Waals surface area contributed by atoms with E-state index in [9.17, 15) is 0 Å². The summed E-state index contributed by atoms with van der Waals surface area (Å²) in [7, 11) is 0. The standard InChI is InChI=1S/C25H20N4/c1-3-7-20(8-4-1)23-13-11-19(17-27-23)16-26-21-12-14-25-24(15-21)28-18-29(25)22-9-5-2-6-10-22/h1-15,17-18,26H,16H2. The Morgan fingerprint density at radius 1 is 0.759 bits per heavy atom. The molecule has 0 atom stereocenters. The highest BCUT2D eigenvalue weighted by molar-refractivity contribution is 5.81. The van der Waals surface area contributed by atoms with E-state index in [1.165, 1.54) is 0 Å². The van der Waals surface area contributed by atoms with Crippen molar-refractivity contribution in [3.8, 4) is 16.9 Å². The third-order valence-electron chi connectivity index (χ3n) is 4.97. The molecule has 0 unspecified atom stereocenters. The fraction of sp³-hybridized carbons (Fsp3) is 0.0400. The third kappa shape index (κ3) is 3.60. The molecule has 5 rings (SSSR count). The minimum atomic E-state index is 0.715. The second-order valence-corrected chi connectivity index (χ2v) is 6.92. The van der Waals surface area contributed by atoms with Gasteiger partial charge in [-0.25, -0.2) is 4.98 Å². The zero-order valence-corrected chi connectivity index (χ0v) is 15.9. The van der Waals surface area contributed by atoms with E-state index in [1.807, 2.05) is 48.9 Å². The van der Waals surface area contributed by atoms with Gasteiger partial charge in [-0.05, 0) is 42.0 Å². The lowest BCUT2D eigenvalue weighted by Gasteiger charge is -2.08. The molecule has 0 spiro atoms. The molecular formula is C25H20N4. The molecule has 2 aromatic heterocycles. The molecule has 0 fully saturated rings. The fourth-order valence-corrected chi connectivity index (χ4v) is 3.43. The number of nitrogens with one attached hydrogen (secondary N) is 1. The molecule has 0 aliphatic carbocycles. The summed E-state index contributed by atoms with van der Waals surface area (Å²) in [4.78, 5) is 9.16. The summed E-state index contributed by atoms with van der Waals surface area (Å²) < 4.78 is 2.10. The van der Waals surface area contributed by atoms with Crippen LogP contribution in [0.4, 0.5) is 5.69 Å². The molecule has 0 aliphatic rings. The number of anilines is 1. The molecule has 0 saturated carbocycles. The Morgan fingerprint density at radius 3 is 2.31 bits per heavy atom. The number of fused-ring (bicyclic) bond motifs is 1. The van der Waals surface area contributed by atoms with Crippen LogP contribution in [0.3, 0.4) is 0 Å². The molecule has 140 valence electrons. The Hall–Kier alpha value is -3.92. The van der Waals surface area contributed by atoms with Crippen LogP contribution >= 0.6 is 0 Å². The number of hydrogen-bond donors (Lipinski definition) is 1. The maximum atomic E-state index is 4.59. The van der Waals surface area contributed by atoms with Crippen LogP contribution in [-0.2, 0) is 6.54 Å². The summed E-state index contributed by atoms with van der Waals surface area (Å²) in [5.41, 5.74) is 7.48. The summed E-state index contributed by atoms with van der Waals surface area (Å²) >= 11 is 0. The van der Waals surface area contributed by atoms with Gasteiger partial charge >= 0.3 is 0 Å². The van der Waals surface area contributed by atoms with Crippen LogP contribution in [0.5, 0.6) is 0 Å². The Kier molecular flexibility index (Phi) is 4.51. The Labute approximate surface area is 169 Å². The van der Waals surface area contributed by atoms with E-state index in [0.717, 1.165) is 39.2 Å². The minimum absolute atomic E-state index is 0.715. The number of imidazole rings is 1. The zero-order valence-electron chi connectivity index (χ0n) is 15.9. The average molecular weight is 376 g/mol. The van der Waals surface area contributed by atoms with Crippen molar-refractivity contribution in [2.45, 2.75) is 6.54 Å². The molecule has 0 saturated heterocycles. The fourth-order valence-electron chi connectivity index (χ4n) is 3.43. The van der Waals surface area contributed by atoms with E-state index < -0.39 is 0 Å². The first-order valence-corrected chi connectivity index (χ1v) is 9.63. The number of pyridine rings is 1. The molecule has 1 N–H and O–H groups in total. The van der Waals surface area contributed by atoms with Crippen LogP contribution in [0.25, 0.3) is 28.0 Å². The first kappa shape index (κ1) is 17.2. The van der Waals surface area contributed by atoms with Crippen molar-refractivity contribution in [3.63, 3.8) is 0 Å². The number of benzene rings is 3. The van der Waals surface area contributed by atoms with Crippen LogP contribution < -0.4 is 5.32 Å². The zero-order chi connectivity index (χ0) is 19.5. The first-order valence-electron chi connectivity index (χ1n) is 9.63. The number of nitrogens with zero attached hydrogens (tertiary/aromatic N) is 3. The molecule has 0 bridgehead atoms. The molecule has 0 amide bonds. The van der Waals surface area contributed by atoms with Gasteiger partial charge in [-0.3, -0.25) is 9.55 Å².